The Labute approximate surface area is 259 Å². The molecular formula is C34H45N3O7. The summed E-state index contributed by atoms with van der Waals surface area (Å²) in [6.45, 7) is 6.02. The molecule has 0 unspecified atom stereocenters. The maximum absolute atomic E-state index is 14.2. The molecule has 3 heterocycles. The van der Waals surface area contributed by atoms with Crippen LogP contribution < -0.4 is 9.47 Å². The van der Waals surface area contributed by atoms with Gasteiger partial charge in [0.25, 0.3) is 0 Å². The van der Waals surface area contributed by atoms with Gasteiger partial charge in [0.05, 0.1) is 44.1 Å². The second kappa shape index (κ2) is 12.2. The van der Waals surface area contributed by atoms with E-state index in [1.807, 2.05) is 39.0 Å². The molecule has 10 heteroatoms. The molecule has 44 heavy (non-hydrogen) atoms. The average molecular weight is 608 g/mol. The minimum atomic E-state index is -0.830. The maximum Gasteiger partial charge on any atom is 0.328 e. The van der Waals surface area contributed by atoms with Gasteiger partial charge in [-0.2, -0.15) is 0 Å². The molecule has 0 radical (unpaired) electrons. The summed E-state index contributed by atoms with van der Waals surface area (Å²) in [4.78, 5) is 51.9. The SMILES string of the molecule is COC(=O)[C@@H]1C[C@@H]2CN1C(=O)[C@H](C(C)(C)C)CC(=O)O[C@@H]1C[C@@H]3C[C@@H]3[C@H]1CCCCCc1nc3ccc(OC)cc3nc1O2. The number of esters is 2. The molecule has 0 spiro atoms. The molecule has 0 N–H and O–H groups in total. The number of fused-ring (bicyclic) bond motifs is 7. The van der Waals surface area contributed by atoms with E-state index in [-0.39, 0.29) is 37.4 Å². The van der Waals surface area contributed by atoms with Gasteiger partial charge in [-0.1, -0.05) is 33.6 Å². The summed E-state index contributed by atoms with van der Waals surface area (Å²) >= 11 is 0. The number of carbonyl (C=O) groups is 3. The number of amides is 1. The number of benzene rings is 1. The minimum absolute atomic E-state index is 0.0288. The molecule has 1 saturated heterocycles. The molecule has 2 saturated carbocycles. The monoisotopic (exact) mass is 607 g/mol. The Hall–Kier alpha value is -3.43. The molecule has 10 nitrogen and oxygen atoms in total. The van der Waals surface area contributed by atoms with Crippen molar-refractivity contribution in [1.29, 1.82) is 0 Å². The average Bonchev–Trinajstić information content (AvgIpc) is 3.48. The Kier molecular flexibility index (Phi) is 8.46. The molecule has 2 aliphatic heterocycles. The van der Waals surface area contributed by atoms with Gasteiger partial charge in [0.2, 0.25) is 11.8 Å². The van der Waals surface area contributed by atoms with Gasteiger partial charge in [-0.15, -0.1) is 0 Å². The van der Waals surface area contributed by atoms with Gasteiger partial charge >= 0.3 is 11.9 Å². The van der Waals surface area contributed by atoms with Crippen molar-refractivity contribution in [2.75, 3.05) is 20.8 Å². The van der Waals surface area contributed by atoms with E-state index in [1.54, 1.807) is 7.11 Å². The predicted octanol–water partition coefficient (Wildman–Crippen LogP) is 4.90. The Balaban J connectivity index is 1.34. The molecule has 1 aromatic heterocycles. The summed E-state index contributed by atoms with van der Waals surface area (Å²) in [5, 5.41) is 0. The summed E-state index contributed by atoms with van der Waals surface area (Å²) in [7, 11) is 2.93. The molecule has 1 amide bonds. The van der Waals surface area contributed by atoms with Gasteiger partial charge < -0.3 is 23.8 Å². The van der Waals surface area contributed by atoms with E-state index in [0.717, 1.165) is 43.3 Å². The van der Waals surface area contributed by atoms with Gasteiger partial charge in [-0.25, -0.2) is 14.8 Å². The zero-order valence-corrected chi connectivity index (χ0v) is 26.5. The molecule has 3 fully saturated rings. The highest BCUT2D eigenvalue weighted by Gasteiger charge is 2.54. The molecule has 7 atom stereocenters. The third kappa shape index (κ3) is 6.22. The van der Waals surface area contributed by atoms with E-state index in [9.17, 15) is 14.4 Å². The van der Waals surface area contributed by atoms with Crippen LogP contribution >= 0.6 is 0 Å². The van der Waals surface area contributed by atoms with Crippen molar-refractivity contribution < 1.29 is 33.3 Å². The fourth-order valence-corrected chi connectivity index (χ4v) is 7.63. The summed E-state index contributed by atoms with van der Waals surface area (Å²) in [5.74, 6) is 0.994. The van der Waals surface area contributed by atoms with Crippen LogP contribution in [0.25, 0.3) is 11.0 Å². The normalized spacial score (nSPS) is 31.1. The molecule has 2 bridgehead atoms. The highest BCUT2D eigenvalue weighted by molar-refractivity contribution is 5.89. The summed E-state index contributed by atoms with van der Waals surface area (Å²) < 4.78 is 23.1. The van der Waals surface area contributed by atoms with E-state index in [4.69, 9.17) is 28.9 Å². The lowest BCUT2D eigenvalue weighted by Gasteiger charge is -2.34. The smallest absolute Gasteiger partial charge is 0.328 e. The summed E-state index contributed by atoms with van der Waals surface area (Å²) in [6, 6.07) is 4.77. The van der Waals surface area contributed by atoms with Crippen LogP contribution in [0.4, 0.5) is 0 Å². The van der Waals surface area contributed by atoms with Crippen LogP contribution in [0, 0.1) is 29.1 Å². The Morgan fingerprint density at radius 2 is 1.80 bits per heavy atom. The van der Waals surface area contributed by atoms with Gasteiger partial charge in [-0.3, -0.25) is 9.59 Å². The van der Waals surface area contributed by atoms with Gasteiger partial charge in [0.15, 0.2) is 0 Å². The molecule has 238 valence electrons. The minimum Gasteiger partial charge on any atom is -0.497 e. The van der Waals surface area contributed by atoms with E-state index in [2.05, 4.69) is 0 Å². The summed E-state index contributed by atoms with van der Waals surface area (Å²) in [6.07, 6.45) is 6.52. The van der Waals surface area contributed by atoms with Gasteiger partial charge in [0.1, 0.15) is 29.7 Å². The summed E-state index contributed by atoms with van der Waals surface area (Å²) in [5.41, 5.74) is 1.64. The number of methoxy groups -OCH3 is 2. The highest BCUT2D eigenvalue weighted by Crippen LogP contribution is 2.58. The lowest BCUT2D eigenvalue weighted by molar-refractivity contribution is -0.160. The largest absolute Gasteiger partial charge is 0.497 e. The van der Waals surface area contributed by atoms with Crippen molar-refractivity contribution in [1.82, 2.24) is 14.9 Å². The number of rotatable bonds is 2. The molecule has 4 aliphatic rings. The number of aryl methyl sites for hydroxylation is 1. The van der Waals surface area contributed by atoms with E-state index >= 15 is 0 Å². The number of hydrogen-bond donors (Lipinski definition) is 0. The van der Waals surface area contributed by atoms with Crippen LogP contribution in [0.2, 0.25) is 0 Å². The predicted molar refractivity (Wildman–Crippen MR) is 162 cm³/mol. The quantitative estimate of drug-likeness (QED) is 0.440. The standard InChI is InChI=1S/C34H45N3O7/c1-34(2,3)24-17-30(38)44-29-14-19-13-23(19)22(29)9-7-6-8-10-26-31(36-27-15-20(41-4)11-12-25(27)35-26)43-21-16-28(33(40)42-5)37(18-21)32(24)39/h11-12,15,19,21-24,28-29H,6-10,13-14,16-18H2,1-5H3/t19-,21+,22+,23-,24+,28-,29+/m0/s1. The number of aromatic nitrogens is 2. The van der Waals surface area contributed by atoms with Gasteiger partial charge in [-0.05, 0) is 67.4 Å². The first-order valence-electron chi connectivity index (χ1n) is 16.1. The van der Waals surface area contributed by atoms with E-state index < -0.39 is 29.4 Å². The maximum atomic E-state index is 14.2. The van der Waals surface area contributed by atoms with Crippen molar-refractivity contribution in [2.24, 2.45) is 29.1 Å². The van der Waals surface area contributed by atoms with Crippen molar-refractivity contribution in [3.8, 4) is 11.6 Å². The fraction of sp³-hybridized carbons (Fsp3) is 0.676. The first kappa shape index (κ1) is 30.6. The van der Waals surface area contributed by atoms with Gasteiger partial charge in [0, 0.05) is 12.5 Å². The zero-order chi connectivity index (χ0) is 31.2. The van der Waals surface area contributed by atoms with Crippen LogP contribution in [0.3, 0.4) is 0 Å². The van der Waals surface area contributed by atoms with Crippen molar-refractivity contribution in [2.45, 2.75) is 96.8 Å². The fourth-order valence-electron chi connectivity index (χ4n) is 7.63. The molecule has 1 aromatic carbocycles. The lowest BCUT2D eigenvalue weighted by Crippen LogP contribution is -2.48. The number of ether oxygens (including phenoxy) is 4. The van der Waals surface area contributed by atoms with Crippen LogP contribution in [-0.4, -0.2) is 71.7 Å². The third-order valence-electron chi connectivity index (χ3n) is 10.2. The molecule has 2 aromatic rings. The number of nitrogens with zero attached hydrogens (tertiary/aromatic N) is 3. The Bertz CT molecular complexity index is 1420. The lowest BCUT2D eigenvalue weighted by atomic mass is 9.77. The van der Waals surface area contributed by atoms with Crippen molar-refractivity contribution in [3.05, 3.63) is 23.9 Å². The van der Waals surface area contributed by atoms with Crippen LogP contribution in [0.5, 0.6) is 11.6 Å². The second-order valence-corrected chi connectivity index (χ2v) is 14.1. The third-order valence-corrected chi connectivity index (χ3v) is 10.2. The van der Waals surface area contributed by atoms with Crippen LogP contribution in [0.1, 0.15) is 77.8 Å². The Morgan fingerprint density at radius 3 is 2.55 bits per heavy atom. The van der Waals surface area contributed by atoms with E-state index in [1.165, 1.54) is 18.4 Å². The zero-order valence-electron chi connectivity index (χ0n) is 26.5. The van der Waals surface area contributed by atoms with Crippen molar-refractivity contribution in [3.63, 3.8) is 0 Å². The number of hydrogen-bond acceptors (Lipinski definition) is 9. The topological polar surface area (TPSA) is 117 Å². The van der Waals surface area contributed by atoms with Crippen LogP contribution in [0.15, 0.2) is 18.2 Å². The van der Waals surface area contributed by atoms with E-state index in [0.29, 0.717) is 41.3 Å². The Morgan fingerprint density at radius 1 is 0.977 bits per heavy atom. The first-order chi connectivity index (χ1) is 21.0. The molecular weight excluding hydrogens is 562 g/mol. The molecule has 2 aliphatic carbocycles. The number of carbonyl (C=O) groups excluding carboxylic acids is 3. The second-order valence-electron chi connectivity index (χ2n) is 14.1. The van der Waals surface area contributed by atoms with Crippen LogP contribution in [-0.2, 0) is 30.3 Å². The molecule has 6 rings (SSSR count). The van der Waals surface area contributed by atoms with Crippen molar-refractivity contribution >= 4 is 28.9 Å². The highest BCUT2D eigenvalue weighted by atomic mass is 16.5. The first-order valence-corrected chi connectivity index (χ1v) is 16.1.